The molecule has 0 aromatic heterocycles. The highest BCUT2D eigenvalue weighted by Crippen LogP contribution is 2.43. The lowest BCUT2D eigenvalue weighted by Crippen LogP contribution is -2.37. The lowest BCUT2D eigenvalue weighted by Gasteiger charge is -2.40. The van der Waals surface area contributed by atoms with Gasteiger partial charge in [0, 0.05) is 5.92 Å². The molecular weight excluding hydrogens is 160 g/mol. The van der Waals surface area contributed by atoms with Crippen LogP contribution in [-0.2, 0) is 4.79 Å². The SMILES string of the molecule is CC1(C)C=CC(=O)[C@@H]2CC=CC[C@@H]21. The van der Waals surface area contributed by atoms with Crippen LogP contribution in [0, 0.1) is 17.3 Å². The van der Waals surface area contributed by atoms with Crippen molar-refractivity contribution < 1.29 is 4.79 Å². The molecule has 2 aliphatic rings. The van der Waals surface area contributed by atoms with E-state index >= 15 is 0 Å². The fraction of sp³-hybridized carbons (Fsp3) is 0.583. The zero-order valence-corrected chi connectivity index (χ0v) is 8.29. The zero-order valence-electron chi connectivity index (χ0n) is 8.29. The number of hydrogen-bond acceptors (Lipinski definition) is 1. The quantitative estimate of drug-likeness (QED) is 0.519. The van der Waals surface area contributed by atoms with Crippen LogP contribution in [0.25, 0.3) is 0 Å². The van der Waals surface area contributed by atoms with Crippen molar-refractivity contribution in [3.63, 3.8) is 0 Å². The predicted molar refractivity (Wildman–Crippen MR) is 53.3 cm³/mol. The van der Waals surface area contributed by atoms with Crippen LogP contribution in [0.1, 0.15) is 26.7 Å². The summed E-state index contributed by atoms with van der Waals surface area (Å²) in [6, 6.07) is 0. The third kappa shape index (κ3) is 1.37. The van der Waals surface area contributed by atoms with Crippen molar-refractivity contribution in [2.75, 3.05) is 0 Å². The van der Waals surface area contributed by atoms with Crippen LogP contribution >= 0.6 is 0 Å². The van der Waals surface area contributed by atoms with Gasteiger partial charge in [-0.05, 0) is 30.3 Å². The molecule has 1 nitrogen and oxygen atoms in total. The van der Waals surface area contributed by atoms with Crippen LogP contribution < -0.4 is 0 Å². The van der Waals surface area contributed by atoms with Gasteiger partial charge in [0.05, 0.1) is 0 Å². The summed E-state index contributed by atoms with van der Waals surface area (Å²) in [5.41, 5.74) is 0.198. The van der Waals surface area contributed by atoms with Gasteiger partial charge >= 0.3 is 0 Å². The topological polar surface area (TPSA) is 17.1 Å². The van der Waals surface area contributed by atoms with Gasteiger partial charge in [-0.2, -0.15) is 0 Å². The third-order valence-electron chi connectivity index (χ3n) is 3.43. The minimum Gasteiger partial charge on any atom is -0.295 e. The molecule has 0 unspecified atom stereocenters. The Balaban J connectivity index is 2.35. The van der Waals surface area contributed by atoms with E-state index in [1.54, 1.807) is 6.08 Å². The van der Waals surface area contributed by atoms with E-state index in [1.165, 1.54) is 0 Å². The second-order valence-electron chi connectivity index (χ2n) is 4.71. The Labute approximate surface area is 79.5 Å². The zero-order chi connectivity index (χ0) is 9.47. The van der Waals surface area contributed by atoms with Gasteiger partial charge in [0.2, 0.25) is 0 Å². The summed E-state index contributed by atoms with van der Waals surface area (Å²) < 4.78 is 0. The molecule has 0 aromatic rings. The second-order valence-corrected chi connectivity index (χ2v) is 4.71. The molecule has 0 fully saturated rings. The van der Waals surface area contributed by atoms with Crippen molar-refractivity contribution in [3.05, 3.63) is 24.3 Å². The number of carbonyl (C=O) groups is 1. The fourth-order valence-electron chi connectivity index (χ4n) is 2.50. The molecule has 0 N–H and O–H groups in total. The van der Waals surface area contributed by atoms with Gasteiger partial charge in [-0.15, -0.1) is 0 Å². The van der Waals surface area contributed by atoms with E-state index < -0.39 is 0 Å². The lowest BCUT2D eigenvalue weighted by atomic mass is 9.63. The lowest BCUT2D eigenvalue weighted by molar-refractivity contribution is -0.122. The molecule has 0 radical (unpaired) electrons. The highest BCUT2D eigenvalue weighted by Gasteiger charge is 2.39. The maximum atomic E-state index is 11.6. The monoisotopic (exact) mass is 176 g/mol. The molecule has 0 bridgehead atoms. The van der Waals surface area contributed by atoms with Gasteiger partial charge in [-0.1, -0.05) is 32.1 Å². The maximum absolute atomic E-state index is 11.6. The molecular formula is C12H16O. The van der Waals surface area contributed by atoms with Gasteiger partial charge in [0.15, 0.2) is 5.78 Å². The smallest absolute Gasteiger partial charge is 0.159 e. The van der Waals surface area contributed by atoms with Crippen molar-refractivity contribution in [1.82, 2.24) is 0 Å². The van der Waals surface area contributed by atoms with E-state index in [0.29, 0.717) is 11.7 Å². The first-order valence-corrected chi connectivity index (χ1v) is 4.99. The Bertz CT molecular complexity index is 283. The van der Waals surface area contributed by atoms with Crippen LogP contribution in [-0.4, -0.2) is 5.78 Å². The third-order valence-corrected chi connectivity index (χ3v) is 3.43. The molecule has 0 heterocycles. The van der Waals surface area contributed by atoms with E-state index in [9.17, 15) is 4.79 Å². The summed E-state index contributed by atoms with van der Waals surface area (Å²) in [5, 5.41) is 0. The molecule has 2 atom stereocenters. The molecule has 2 rings (SSSR count). The summed E-state index contributed by atoms with van der Waals surface area (Å²) >= 11 is 0. The number of hydrogen-bond donors (Lipinski definition) is 0. The first kappa shape index (κ1) is 8.74. The van der Waals surface area contributed by atoms with E-state index in [4.69, 9.17) is 0 Å². The minimum atomic E-state index is 0.198. The Morgan fingerprint density at radius 1 is 1.31 bits per heavy atom. The highest BCUT2D eigenvalue weighted by atomic mass is 16.1. The first-order chi connectivity index (χ1) is 6.11. The summed E-state index contributed by atoms with van der Waals surface area (Å²) in [7, 11) is 0. The second kappa shape index (κ2) is 2.83. The number of ketones is 1. The van der Waals surface area contributed by atoms with Gasteiger partial charge in [0.25, 0.3) is 0 Å². The Hall–Kier alpha value is -0.850. The number of carbonyl (C=O) groups excluding carboxylic acids is 1. The van der Waals surface area contributed by atoms with E-state index in [-0.39, 0.29) is 11.3 Å². The maximum Gasteiger partial charge on any atom is 0.159 e. The van der Waals surface area contributed by atoms with E-state index in [2.05, 4.69) is 32.1 Å². The van der Waals surface area contributed by atoms with Crippen molar-refractivity contribution in [2.24, 2.45) is 17.3 Å². The molecule has 0 saturated heterocycles. The molecule has 0 spiro atoms. The number of allylic oxidation sites excluding steroid dienone is 4. The van der Waals surface area contributed by atoms with Gasteiger partial charge in [-0.3, -0.25) is 4.79 Å². The van der Waals surface area contributed by atoms with Crippen LogP contribution in [0.2, 0.25) is 0 Å². The molecule has 13 heavy (non-hydrogen) atoms. The van der Waals surface area contributed by atoms with E-state index in [0.717, 1.165) is 12.8 Å². The summed E-state index contributed by atoms with van der Waals surface area (Å²) in [6.45, 7) is 4.46. The van der Waals surface area contributed by atoms with Gasteiger partial charge in [-0.25, -0.2) is 0 Å². The Morgan fingerprint density at radius 3 is 2.69 bits per heavy atom. The standard InChI is InChI=1S/C12H16O/c1-12(2)8-7-11(13)9-5-3-4-6-10(9)12/h3-4,7-10H,5-6H2,1-2H3/t9-,10+/m1/s1. The van der Waals surface area contributed by atoms with Crippen LogP contribution in [0.5, 0.6) is 0 Å². The molecule has 0 amide bonds. The molecule has 0 aliphatic heterocycles. The molecule has 70 valence electrons. The van der Waals surface area contributed by atoms with Gasteiger partial charge in [0.1, 0.15) is 0 Å². The average molecular weight is 176 g/mol. The number of fused-ring (bicyclic) bond motifs is 1. The molecule has 0 aromatic carbocycles. The normalized spacial score (nSPS) is 36.0. The van der Waals surface area contributed by atoms with Crippen LogP contribution in [0.3, 0.4) is 0 Å². The fourth-order valence-corrected chi connectivity index (χ4v) is 2.50. The Kier molecular flexibility index (Phi) is 1.90. The Morgan fingerprint density at radius 2 is 2.00 bits per heavy atom. The summed E-state index contributed by atoms with van der Waals surface area (Å²) in [6.07, 6.45) is 10.2. The van der Waals surface area contributed by atoms with Crippen molar-refractivity contribution in [3.8, 4) is 0 Å². The van der Waals surface area contributed by atoms with E-state index in [1.807, 2.05) is 0 Å². The van der Waals surface area contributed by atoms with Crippen LogP contribution in [0.4, 0.5) is 0 Å². The van der Waals surface area contributed by atoms with Gasteiger partial charge < -0.3 is 0 Å². The van der Waals surface area contributed by atoms with Crippen molar-refractivity contribution in [1.29, 1.82) is 0 Å². The average Bonchev–Trinajstić information content (AvgIpc) is 2.13. The summed E-state index contributed by atoms with van der Waals surface area (Å²) in [4.78, 5) is 11.6. The van der Waals surface area contributed by atoms with Crippen LogP contribution in [0.15, 0.2) is 24.3 Å². The predicted octanol–water partition coefficient (Wildman–Crippen LogP) is 2.73. The number of rotatable bonds is 0. The molecule has 2 aliphatic carbocycles. The summed E-state index contributed by atoms with van der Waals surface area (Å²) in [5.74, 6) is 1.11. The van der Waals surface area contributed by atoms with Crippen molar-refractivity contribution in [2.45, 2.75) is 26.7 Å². The minimum absolute atomic E-state index is 0.198. The van der Waals surface area contributed by atoms with Crippen molar-refractivity contribution >= 4 is 5.78 Å². The largest absolute Gasteiger partial charge is 0.295 e. The molecule has 1 heteroatoms. The first-order valence-electron chi connectivity index (χ1n) is 4.99. The highest BCUT2D eigenvalue weighted by molar-refractivity contribution is 5.93. The molecule has 0 saturated carbocycles.